The van der Waals surface area contributed by atoms with E-state index in [1.54, 1.807) is 42.5 Å². The molecule has 2 amide bonds. The maximum absolute atomic E-state index is 12.4. The average Bonchev–Trinajstić information content (AvgIpc) is 3.16. The first-order valence-electron chi connectivity index (χ1n) is 10.3. The Morgan fingerprint density at radius 1 is 1.17 bits per heavy atom. The van der Waals surface area contributed by atoms with Gasteiger partial charge in [-0.1, -0.05) is 53.0 Å². The third kappa shape index (κ3) is 6.67. The molecule has 0 aromatic heterocycles. The van der Waals surface area contributed by atoms with Crippen LogP contribution in [0.5, 0.6) is 5.75 Å². The monoisotopic (exact) mass is 589 g/mol. The minimum atomic E-state index is -0.267. The van der Waals surface area contributed by atoms with Gasteiger partial charge in [0.2, 0.25) is 0 Å². The summed E-state index contributed by atoms with van der Waals surface area (Å²) < 4.78 is 6.29. The van der Waals surface area contributed by atoms with Crippen molar-refractivity contribution in [2.24, 2.45) is 4.99 Å². The maximum atomic E-state index is 12.4. The molecule has 0 bridgehead atoms. The molecule has 3 aromatic rings. The molecule has 1 heterocycles. The third-order valence-electron chi connectivity index (χ3n) is 4.75. The molecule has 10 heteroatoms. The number of halogens is 3. The Hall–Kier alpha value is -2.78. The van der Waals surface area contributed by atoms with E-state index in [0.29, 0.717) is 41.7 Å². The summed E-state index contributed by atoms with van der Waals surface area (Å²) >= 11 is 16.9. The van der Waals surface area contributed by atoms with Gasteiger partial charge in [-0.3, -0.25) is 9.59 Å². The lowest BCUT2D eigenvalue weighted by Crippen LogP contribution is -2.20. The van der Waals surface area contributed by atoms with Gasteiger partial charge in [-0.15, -0.1) is 0 Å². The van der Waals surface area contributed by atoms with Gasteiger partial charge in [0, 0.05) is 5.69 Å². The number of anilines is 1. The minimum Gasteiger partial charge on any atom is -0.483 e. The van der Waals surface area contributed by atoms with Gasteiger partial charge < -0.3 is 15.4 Å². The lowest BCUT2D eigenvalue weighted by molar-refractivity contribution is -0.118. The molecule has 1 fully saturated rings. The van der Waals surface area contributed by atoms with Crippen LogP contribution in [0.15, 0.2) is 75.0 Å². The van der Waals surface area contributed by atoms with Crippen LogP contribution in [0.4, 0.5) is 11.4 Å². The van der Waals surface area contributed by atoms with E-state index in [-0.39, 0.29) is 18.4 Å². The number of hydrogen-bond acceptors (Lipinski definition) is 5. The molecule has 0 aliphatic carbocycles. The van der Waals surface area contributed by atoms with Crippen LogP contribution in [0.25, 0.3) is 6.08 Å². The number of carbonyl (C=O) groups is 2. The largest absolute Gasteiger partial charge is 0.483 e. The molecule has 178 valence electrons. The molecule has 6 nitrogen and oxygen atoms in total. The van der Waals surface area contributed by atoms with E-state index in [9.17, 15) is 9.59 Å². The topological polar surface area (TPSA) is 79.8 Å². The van der Waals surface area contributed by atoms with E-state index < -0.39 is 0 Å². The number of aliphatic imine (C=N–C) groups is 1. The summed E-state index contributed by atoms with van der Waals surface area (Å²) in [6.45, 7) is 1.84. The van der Waals surface area contributed by atoms with Gasteiger partial charge in [-0.25, -0.2) is 4.99 Å². The molecule has 1 saturated heterocycles. The predicted molar refractivity (Wildman–Crippen MR) is 147 cm³/mol. The number of aryl methyl sites for hydroxylation is 1. The zero-order valence-corrected chi connectivity index (χ0v) is 22.2. The van der Waals surface area contributed by atoms with Crippen molar-refractivity contribution in [2.75, 3.05) is 11.9 Å². The fourth-order valence-electron chi connectivity index (χ4n) is 3.02. The summed E-state index contributed by atoms with van der Waals surface area (Å²) in [5.74, 6) is -0.0266. The zero-order valence-electron chi connectivity index (χ0n) is 18.3. The number of benzene rings is 3. The number of nitrogens with one attached hydrogen (secondary N) is 2. The Kier molecular flexibility index (Phi) is 8.18. The molecule has 4 rings (SSSR count). The van der Waals surface area contributed by atoms with Gasteiger partial charge in [0.05, 0.1) is 25.1 Å². The van der Waals surface area contributed by atoms with Crippen molar-refractivity contribution in [1.29, 1.82) is 0 Å². The molecular formula is C25H18BrCl2N3O3S. The molecular weight excluding hydrogens is 573 g/mol. The summed E-state index contributed by atoms with van der Waals surface area (Å²) in [5.41, 5.74) is 3.06. The standard InChI is InChI=1S/C25H18BrCl2N3O3S/c1-14-5-8-16(9-6-14)29-22(32)13-34-20-10-7-15(11-17(20)26)12-21-24(33)31-25(35-21)30-19-4-2-3-18(27)23(19)28/h2-12H,13H2,1H3,(H,29,32)(H,30,31,33)/b21-12+. The number of rotatable bonds is 6. The first-order chi connectivity index (χ1) is 16.8. The molecule has 35 heavy (non-hydrogen) atoms. The first kappa shape index (κ1) is 25.3. The van der Waals surface area contributed by atoms with Gasteiger partial charge in [-0.2, -0.15) is 0 Å². The highest BCUT2D eigenvalue weighted by Gasteiger charge is 2.24. The van der Waals surface area contributed by atoms with Crippen molar-refractivity contribution in [3.05, 3.63) is 91.2 Å². The lowest BCUT2D eigenvalue weighted by atomic mass is 10.2. The maximum Gasteiger partial charge on any atom is 0.264 e. The highest BCUT2D eigenvalue weighted by atomic mass is 79.9. The first-order valence-corrected chi connectivity index (χ1v) is 12.7. The number of carbonyl (C=O) groups excluding carboxylic acids is 2. The molecule has 0 atom stereocenters. The second kappa shape index (κ2) is 11.3. The molecule has 0 spiro atoms. The van der Waals surface area contributed by atoms with E-state index in [0.717, 1.165) is 11.1 Å². The van der Waals surface area contributed by atoms with Gasteiger partial charge in [-0.05, 0) is 82.7 Å². The Balaban J connectivity index is 1.39. The highest BCUT2D eigenvalue weighted by Crippen LogP contribution is 2.35. The van der Waals surface area contributed by atoms with Crippen LogP contribution in [0.1, 0.15) is 11.1 Å². The summed E-state index contributed by atoms with van der Waals surface area (Å²) in [7, 11) is 0. The van der Waals surface area contributed by atoms with Crippen LogP contribution in [0.3, 0.4) is 0 Å². The Labute approximate surface area is 224 Å². The van der Waals surface area contributed by atoms with E-state index in [4.69, 9.17) is 27.9 Å². The number of amidine groups is 1. The van der Waals surface area contributed by atoms with Crippen molar-refractivity contribution >= 4 is 85.3 Å². The van der Waals surface area contributed by atoms with Crippen LogP contribution < -0.4 is 15.4 Å². The fourth-order valence-corrected chi connectivity index (χ4v) is 4.70. The number of thioether (sulfide) groups is 1. The van der Waals surface area contributed by atoms with E-state index >= 15 is 0 Å². The Morgan fingerprint density at radius 3 is 2.69 bits per heavy atom. The van der Waals surface area contributed by atoms with Gasteiger partial charge >= 0.3 is 0 Å². The van der Waals surface area contributed by atoms with Crippen molar-refractivity contribution in [3.63, 3.8) is 0 Å². The van der Waals surface area contributed by atoms with Crippen molar-refractivity contribution in [1.82, 2.24) is 5.32 Å². The predicted octanol–water partition coefficient (Wildman–Crippen LogP) is 6.97. The van der Waals surface area contributed by atoms with Crippen LogP contribution in [0, 0.1) is 6.92 Å². The second-order valence-electron chi connectivity index (χ2n) is 7.45. The van der Waals surface area contributed by atoms with E-state index in [1.807, 2.05) is 31.2 Å². The molecule has 1 aliphatic rings. The number of amides is 2. The van der Waals surface area contributed by atoms with Crippen molar-refractivity contribution < 1.29 is 14.3 Å². The molecule has 2 N–H and O–H groups in total. The van der Waals surface area contributed by atoms with Crippen LogP contribution in [-0.4, -0.2) is 23.6 Å². The second-order valence-corrected chi connectivity index (χ2v) is 10.1. The normalized spacial score (nSPS) is 15.4. The Morgan fingerprint density at radius 2 is 1.94 bits per heavy atom. The minimum absolute atomic E-state index is 0.142. The van der Waals surface area contributed by atoms with E-state index in [1.165, 1.54) is 11.8 Å². The zero-order chi connectivity index (χ0) is 24.9. The summed E-state index contributed by atoms with van der Waals surface area (Å²) in [6.07, 6.45) is 1.74. The van der Waals surface area contributed by atoms with E-state index in [2.05, 4.69) is 31.6 Å². The lowest BCUT2D eigenvalue weighted by Gasteiger charge is -2.10. The molecule has 0 unspecified atom stereocenters. The summed E-state index contributed by atoms with van der Waals surface area (Å²) in [6, 6.07) is 18.0. The number of nitrogens with zero attached hydrogens (tertiary/aromatic N) is 1. The average molecular weight is 591 g/mol. The highest BCUT2D eigenvalue weighted by molar-refractivity contribution is 9.10. The van der Waals surface area contributed by atoms with Gasteiger partial charge in [0.15, 0.2) is 11.8 Å². The van der Waals surface area contributed by atoms with Crippen molar-refractivity contribution in [2.45, 2.75) is 6.92 Å². The van der Waals surface area contributed by atoms with Crippen LogP contribution in [-0.2, 0) is 9.59 Å². The number of ether oxygens (including phenoxy) is 1. The summed E-state index contributed by atoms with van der Waals surface area (Å²) in [4.78, 5) is 29.5. The van der Waals surface area contributed by atoms with Gasteiger partial charge in [0.25, 0.3) is 11.8 Å². The van der Waals surface area contributed by atoms with Crippen LogP contribution >= 0.6 is 50.9 Å². The summed E-state index contributed by atoms with van der Waals surface area (Å²) in [5, 5.41) is 6.63. The fraction of sp³-hybridized carbons (Fsp3) is 0.0800. The third-order valence-corrected chi connectivity index (χ3v) is 7.09. The Bertz CT molecular complexity index is 1360. The van der Waals surface area contributed by atoms with Crippen LogP contribution in [0.2, 0.25) is 10.0 Å². The quantitative estimate of drug-likeness (QED) is 0.304. The molecule has 3 aromatic carbocycles. The van der Waals surface area contributed by atoms with Crippen molar-refractivity contribution in [3.8, 4) is 5.75 Å². The van der Waals surface area contributed by atoms with Gasteiger partial charge in [0.1, 0.15) is 5.75 Å². The molecule has 0 saturated carbocycles. The molecule has 0 radical (unpaired) electrons. The smallest absolute Gasteiger partial charge is 0.264 e. The molecule has 1 aliphatic heterocycles. The number of hydrogen-bond donors (Lipinski definition) is 2. The SMILES string of the molecule is Cc1ccc(NC(=O)COc2ccc(/C=C3/SC(=Nc4cccc(Cl)c4Cl)NC3=O)cc2Br)cc1.